The molecule has 2 fully saturated rings. The van der Waals surface area contributed by atoms with Crippen LogP contribution in [0.3, 0.4) is 0 Å². The number of fused-ring (bicyclic) bond motifs is 1. The third kappa shape index (κ3) is 3.93. The van der Waals surface area contributed by atoms with Crippen molar-refractivity contribution in [3.05, 3.63) is 29.8 Å². The van der Waals surface area contributed by atoms with Crippen LogP contribution in [0, 0.1) is 12.8 Å². The van der Waals surface area contributed by atoms with Crippen molar-refractivity contribution in [1.29, 1.82) is 0 Å². The zero-order valence-corrected chi connectivity index (χ0v) is 12.4. The van der Waals surface area contributed by atoms with Crippen molar-refractivity contribution in [2.45, 2.75) is 17.9 Å². The minimum atomic E-state index is -4.02. The first kappa shape index (κ1) is 15.7. The summed E-state index contributed by atoms with van der Waals surface area (Å²) in [6.07, 6.45) is -0.781. The molecular formula is C13H18N2O5S. The summed E-state index contributed by atoms with van der Waals surface area (Å²) in [6.45, 7) is 4.25. The first-order valence-electron chi connectivity index (χ1n) is 6.53. The van der Waals surface area contributed by atoms with Gasteiger partial charge in [0, 0.05) is 31.6 Å². The molecule has 0 radical (unpaired) electrons. The number of amides is 1. The van der Waals surface area contributed by atoms with Crippen molar-refractivity contribution in [3.8, 4) is 0 Å². The predicted molar refractivity (Wildman–Crippen MR) is 75.9 cm³/mol. The largest absolute Gasteiger partial charge is 0.465 e. The number of rotatable bonds is 1. The maximum absolute atomic E-state index is 10.5. The molecule has 0 aromatic heterocycles. The van der Waals surface area contributed by atoms with Crippen molar-refractivity contribution >= 4 is 16.2 Å². The number of nitrogens with zero attached hydrogens (tertiary/aromatic N) is 1. The average Bonchev–Trinajstić information content (AvgIpc) is 2.65. The maximum atomic E-state index is 10.5. The normalized spacial score (nSPS) is 23.6. The van der Waals surface area contributed by atoms with E-state index in [9.17, 15) is 13.2 Å². The molecule has 1 aromatic rings. The van der Waals surface area contributed by atoms with Gasteiger partial charge in [0.15, 0.2) is 0 Å². The zero-order valence-electron chi connectivity index (χ0n) is 11.6. The molecule has 21 heavy (non-hydrogen) atoms. The lowest BCUT2D eigenvalue weighted by Gasteiger charge is -2.29. The number of hydrogen-bond acceptors (Lipinski definition) is 4. The summed E-state index contributed by atoms with van der Waals surface area (Å²) in [6, 6.07) is 6.44. The molecule has 7 nitrogen and oxygen atoms in total. The molecule has 2 unspecified atom stereocenters. The van der Waals surface area contributed by atoms with E-state index in [2.05, 4.69) is 5.32 Å². The van der Waals surface area contributed by atoms with Crippen molar-refractivity contribution in [2.75, 3.05) is 19.6 Å². The smallest absolute Gasteiger partial charge is 0.407 e. The molecule has 2 aliphatic heterocycles. The number of nitrogens with one attached hydrogen (secondary N) is 1. The van der Waals surface area contributed by atoms with E-state index in [1.807, 2.05) is 6.92 Å². The Hall–Kier alpha value is -1.64. The van der Waals surface area contributed by atoms with E-state index in [1.54, 1.807) is 12.1 Å². The van der Waals surface area contributed by atoms with E-state index in [0.29, 0.717) is 18.5 Å². The molecule has 0 spiro atoms. The molecule has 3 N–H and O–H groups in total. The second-order valence-electron chi connectivity index (χ2n) is 5.25. The number of aryl methyl sites for hydroxylation is 1. The van der Waals surface area contributed by atoms with Gasteiger partial charge in [0.05, 0.1) is 4.90 Å². The standard InChI is InChI=1S/C7H8O3S.C6H10N2O2/c1-6-2-4-7(5-3-6)11(8,9)10;9-6(10)8-2-4-1-7-5(4)3-8/h2-5H,1H3,(H,8,9,10);4-5,7H,1-3H2,(H,9,10). The van der Waals surface area contributed by atoms with Gasteiger partial charge in [0.2, 0.25) is 0 Å². The minimum Gasteiger partial charge on any atom is -0.465 e. The van der Waals surface area contributed by atoms with E-state index in [0.717, 1.165) is 18.7 Å². The highest BCUT2D eigenvalue weighted by Crippen LogP contribution is 2.22. The van der Waals surface area contributed by atoms with Crippen LogP contribution in [0.2, 0.25) is 0 Å². The fourth-order valence-electron chi connectivity index (χ4n) is 2.32. The highest BCUT2D eigenvalue weighted by atomic mass is 32.2. The molecule has 2 saturated heterocycles. The Morgan fingerprint density at radius 3 is 2.24 bits per heavy atom. The number of benzene rings is 1. The van der Waals surface area contributed by atoms with Crippen LogP contribution in [-0.4, -0.2) is 54.7 Å². The van der Waals surface area contributed by atoms with E-state index >= 15 is 0 Å². The van der Waals surface area contributed by atoms with Crippen molar-refractivity contribution in [1.82, 2.24) is 10.2 Å². The molecule has 2 atom stereocenters. The summed E-state index contributed by atoms with van der Waals surface area (Å²) >= 11 is 0. The third-order valence-corrected chi connectivity index (χ3v) is 4.54. The molecule has 1 aromatic carbocycles. The van der Waals surface area contributed by atoms with Gasteiger partial charge >= 0.3 is 6.09 Å². The predicted octanol–water partition coefficient (Wildman–Crippen LogP) is 0.810. The number of carboxylic acid groups (broad SMARTS) is 1. The quantitative estimate of drug-likeness (QED) is 0.662. The van der Waals surface area contributed by atoms with E-state index in [4.69, 9.17) is 9.66 Å². The minimum absolute atomic E-state index is 0.0666. The van der Waals surface area contributed by atoms with Crippen LogP contribution in [0.1, 0.15) is 5.56 Å². The van der Waals surface area contributed by atoms with Gasteiger partial charge in [-0.1, -0.05) is 17.7 Å². The van der Waals surface area contributed by atoms with Crippen molar-refractivity contribution < 1.29 is 22.9 Å². The topological polar surface area (TPSA) is 107 Å². The average molecular weight is 314 g/mol. The molecule has 116 valence electrons. The van der Waals surface area contributed by atoms with Gasteiger partial charge in [0.1, 0.15) is 0 Å². The zero-order chi connectivity index (χ0) is 15.6. The molecule has 2 aliphatic rings. The van der Waals surface area contributed by atoms with Crippen LogP contribution in [0.5, 0.6) is 0 Å². The van der Waals surface area contributed by atoms with Crippen LogP contribution in [0.4, 0.5) is 4.79 Å². The summed E-state index contributed by atoms with van der Waals surface area (Å²) < 4.78 is 29.6. The summed E-state index contributed by atoms with van der Waals surface area (Å²) in [4.78, 5) is 11.8. The summed E-state index contributed by atoms with van der Waals surface area (Å²) in [5, 5.41) is 11.8. The van der Waals surface area contributed by atoms with Gasteiger partial charge < -0.3 is 15.3 Å². The summed E-state index contributed by atoms with van der Waals surface area (Å²) in [5.74, 6) is 0.594. The van der Waals surface area contributed by atoms with Crippen LogP contribution in [0.15, 0.2) is 29.2 Å². The van der Waals surface area contributed by atoms with Gasteiger partial charge in [-0.3, -0.25) is 4.55 Å². The maximum Gasteiger partial charge on any atom is 0.407 e. The lowest BCUT2D eigenvalue weighted by molar-refractivity contribution is 0.154. The molecule has 2 heterocycles. The van der Waals surface area contributed by atoms with E-state index in [1.165, 1.54) is 17.0 Å². The third-order valence-electron chi connectivity index (χ3n) is 3.67. The number of carbonyl (C=O) groups is 1. The molecule has 0 aliphatic carbocycles. The van der Waals surface area contributed by atoms with Crippen LogP contribution in [-0.2, 0) is 10.1 Å². The highest BCUT2D eigenvalue weighted by molar-refractivity contribution is 7.85. The Bertz CT molecular complexity index is 602. The van der Waals surface area contributed by atoms with Crippen molar-refractivity contribution in [3.63, 3.8) is 0 Å². The molecule has 0 saturated carbocycles. The Morgan fingerprint density at radius 1 is 1.29 bits per heavy atom. The lowest BCUT2D eigenvalue weighted by atomic mass is 9.96. The Balaban J connectivity index is 0.000000154. The molecule has 8 heteroatoms. The molecule has 3 rings (SSSR count). The summed E-state index contributed by atoms with van der Waals surface area (Å²) in [7, 11) is -4.02. The lowest BCUT2D eigenvalue weighted by Crippen LogP contribution is -2.51. The molecule has 0 bridgehead atoms. The fourth-order valence-corrected chi connectivity index (χ4v) is 2.80. The SMILES string of the molecule is Cc1ccc(S(=O)(=O)O)cc1.O=C(O)N1CC2CNC2C1. The van der Waals surface area contributed by atoms with Gasteiger partial charge in [0.25, 0.3) is 10.1 Å². The van der Waals surface area contributed by atoms with Gasteiger partial charge in [-0.15, -0.1) is 0 Å². The molecular weight excluding hydrogens is 296 g/mol. The van der Waals surface area contributed by atoms with E-state index in [-0.39, 0.29) is 4.90 Å². The Kier molecular flexibility index (Phi) is 4.50. The molecule has 1 amide bonds. The van der Waals surface area contributed by atoms with Crippen LogP contribution < -0.4 is 5.32 Å². The van der Waals surface area contributed by atoms with Crippen LogP contribution >= 0.6 is 0 Å². The second-order valence-corrected chi connectivity index (χ2v) is 6.67. The van der Waals surface area contributed by atoms with Gasteiger partial charge in [-0.2, -0.15) is 8.42 Å². The monoisotopic (exact) mass is 314 g/mol. The van der Waals surface area contributed by atoms with Gasteiger partial charge in [-0.05, 0) is 19.1 Å². The van der Waals surface area contributed by atoms with Crippen molar-refractivity contribution in [2.24, 2.45) is 5.92 Å². The number of hydrogen-bond donors (Lipinski definition) is 3. The first-order valence-corrected chi connectivity index (χ1v) is 7.97. The Labute approximate surface area is 123 Å². The fraction of sp³-hybridized carbons (Fsp3) is 0.462. The van der Waals surface area contributed by atoms with Gasteiger partial charge in [-0.25, -0.2) is 4.79 Å². The number of likely N-dealkylation sites (tertiary alicyclic amines) is 1. The van der Waals surface area contributed by atoms with E-state index < -0.39 is 16.2 Å². The Morgan fingerprint density at radius 2 is 1.90 bits per heavy atom. The van der Waals surface area contributed by atoms with Crippen LogP contribution in [0.25, 0.3) is 0 Å². The highest BCUT2D eigenvalue weighted by Gasteiger charge is 2.40. The summed E-state index contributed by atoms with van der Waals surface area (Å²) in [5.41, 5.74) is 0.956. The second kappa shape index (κ2) is 6.00. The first-order chi connectivity index (χ1) is 9.77.